The van der Waals surface area contributed by atoms with Crippen LogP contribution >= 0.6 is 0 Å². The van der Waals surface area contributed by atoms with Crippen molar-refractivity contribution in [3.05, 3.63) is 29.8 Å². The van der Waals surface area contributed by atoms with Gasteiger partial charge in [-0.15, -0.1) is 0 Å². The largest absolute Gasteiger partial charge is 0.497 e. The minimum absolute atomic E-state index is 0.000602. The lowest BCUT2D eigenvalue weighted by Gasteiger charge is -2.33. The summed E-state index contributed by atoms with van der Waals surface area (Å²) in [4.78, 5) is 0. The van der Waals surface area contributed by atoms with E-state index in [-0.39, 0.29) is 12.6 Å². The number of ether oxygens (including phenoxy) is 1. The number of aliphatic hydroxyl groups is 1. The zero-order valence-electron chi connectivity index (χ0n) is 11.9. The van der Waals surface area contributed by atoms with Crippen LogP contribution in [0.15, 0.2) is 24.3 Å². The molecule has 3 nitrogen and oxygen atoms in total. The predicted molar refractivity (Wildman–Crippen MR) is 77.4 cm³/mol. The lowest BCUT2D eigenvalue weighted by Crippen LogP contribution is -2.40. The Morgan fingerprint density at radius 2 is 2.16 bits per heavy atom. The molecule has 3 heteroatoms. The molecule has 1 aromatic carbocycles. The summed E-state index contributed by atoms with van der Waals surface area (Å²) in [6, 6.07) is 8.47. The zero-order valence-corrected chi connectivity index (χ0v) is 11.9. The molecule has 1 aliphatic rings. The number of rotatable bonds is 5. The van der Waals surface area contributed by atoms with Crippen LogP contribution in [0.5, 0.6) is 5.75 Å². The Morgan fingerprint density at radius 1 is 1.37 bits per heavy atom. The van der Waals surface area contributed by atoms with Gasteiger partial charge >= 0.3 is 0 Å². The maximum Gasteiger partial charge on any atom is 0.119 e. The van der Waals surface area contributed by atoms with Gasteiger partial charge in [-0.2, -0.15) is 0 Å². The Balaban J connectivity index is 2.06. The van der Waals surface area contributed by atoms with Gasteiger partial charge in [0.05, 0.1) is 19.8 Å². The Hall–Kier alpha value is -1.06. The third-order valence-electron chi connectivity index (χ3n) is 4.21. The first-order valence-electron chi connectivity index (χ1n) is 7.25. The fourth-order valence-corrected chi connectivity index (χ4v) is 2.93. The van der Waals surface area contributed by atoms with Gasteiger partial charge in [0.2, 0.25) is 0 Å². The van der Waals surface area contributed by atoms with Crippen molar-refractivity contribution in [3.63, 3.8) is 0 Å². The zero-order chi connectivity index (χ0) is 13.7. The lowest BCUT2D eigenvalue weighted by atomic mass is 9.85. The van der Waals surface area contributed by atoms with Crippen LogP contribution in [0.1, 0.15) is 44.2 Å². The Labute approximate surface area is 116 Å². The molecule has 1 fully saturated rings. The van der Waals surface area contributed by atoms with Crippen molar-refractivity contribution in [3.8, 4) is 5.75 Å². The second-order valence-electron chi connectivity index (χ2n) is 5.55. The molecule has 1 aromatic rings. The van der Waals surface area contributed by atoms with Gasteiger partial charge in [0, 0.05) is 6.04 Å². The van der Waals surface area contributed by atoms with Crippen molar-refractivity contribution in [2.45, 2.75) is 44.7 Å². The van der Waals surface area contributed by atoms with Gasteiger partial charge in [0.25, 0.3) is 0 Å². The summed E-state index contributed by atoms with van der Waals surface area (Å²) in [5, 5.41) is 13.3. The summed E-state index contributed by atoms with van der Waals surface area (Å²) < 4.78 is 5.25. The van der Waals surface area contributed by atoms with Gasteiger partial charge in [-0.1, -0.05) is 31.9 Å². The van der Waals surface area contributed by atoms with Gasteiger partial charge in [-0.25, -0.2) is 0 Å². The smallest absolute Gasteiger partial charge is 0.119 e. The molecule has 0 aliphatic heterocycles. The van der Waals surface area contributed by atoms with Gasteiger partial charge in [0.15, 0.2) is 0 Å². The summed E-state index contributed by atoms with van der Waals surface area (Å²) in [5.41, 5.74) is 1.10. The van der Waals surface area contributed by atoms with Crippen molar-refractivity contribution in [2.75, 3.05) is 13.7 Å². The first-order chi connectivity index (χ1) is 9.24. The van der Waals surface area contributed by atoms with E-state index in [2.05, 4.69) is 12.2 Å². The molecule has 1 saturated carbocycles. The minimum atomic E-state index is 0.000602. The average Bonchev–Trinajstić information content (AvgIpc) is 2.46. The molecule has 19 heavy (non-hydrogen) atoms. The highest BCUT2D eigenvalue weighted by atomic mass is 16.5. The van der Waals surface area contributed by atoms with Crippen molar-refractivity contribution in [2.24, 2.45) is 5.92 Å². The van der Waals surface area contributed by atoms with Crippen molar-refractivity contribution in [1.82, 2.24) is 5.32 Å². The highest BCUT2D eigenvalue weighted by Crippen LogP contribution is 2.27. The van der Waals surface area contributed by atoms with Gasteiger partial charge in [-0.05, 0) is 36.5 Å². The summed E-state index contributed by atoms with van der Waals surface area (Å²) >= 11 is 0. The van der Waals surface area contributed by atoms with E-state index >= 15 is 0 Å². The number of hydrogen-bond acceptors (Lipinski definition) is 3. The van der Waals surface area contributed by atoms with E-state index in [0.717, 1.165) is 11.3 Å². The van der Waals surface area contributed by atoms with Crippen LogP contribution in [0.2, 0.25) is 0 Å². The molecular formula is C16H25NO2. The molecule has 106 valence electrons. The Morgan fingerprint density at radius 3 is 2.84 bits per heavy atom. The van der Waals surface area contributed by atoms with Gasteiger partial charge in [-0.3, -0.25) is 0 Å². The van der Waals surface area contributed by atoms with Crippen molar-refractivity contribution < 1.29 is 9.84 Å². The molecule has 3 atom stereocenters. The van der Waals surface area contributed by atoms with E-state index in [1.807, 2.05) is 24.3 Å². The SMILES string of the molecule is COc1cccc(C(CO)NC2CCCCC2C)c1. The van der Waals surface area contributed by atoms with E-state index in [9.17, 15) is 5.11 Å². The van der Waals surface area contributed by atoms with Crippen LogP contribution in [0.4, 0.5) is 0 Å². The highest BCUT2D eigenvalue weighted by Gasteiger charge is 2.24. The molecule has 0 saturated heterocycles. The molecule has 0 bridgehead atoms. The molecule has 0 amide bonds. The standard InChI is InChI=1S/C16H25NO2/c1-12-6-3-4-9-15(12)17-16(11-18)13-7-5-8-14(10-13)19-2/h5,7-8,10,12,15-18H,3-4,6,9,11H2,1-2H3. The minimum Gasteiger partial charge on any atom is -0.497 e. The van der Waals surface area contributed by atoms with Crippen LogP contribution in [0.3, 0.4) is 0 Å². The third kappa shape index (κ3) is 3.71. The molecule has 0 aromatic heterocycles. The van der Waals surface area contributed by atoms with Crippen LogP contribution in [-0.4, -0.2) is 24.9 Å². The molecule has 1 aliphatic carbocycles. The van der Waals surface area contributed by atoms with Crippen LogP contribution < -0.4 is 10.1 Å². The van der Waals surface area contributed by atoms with Crippen molar-refractivity contribution >= 4 is 0 Å². The molecule has 3 unspecified atom stereocenters. The van der Waals surface area contributed by atoms with E-state index in [4.69, 9.17) is 4.74 Å². The lowest BCUT2D eigenvalue weighted by molar-refractivity contribution is 0.196. The fourth-order valence-electron chi connectivity index (χ4n) is 2.93. The van der Waals surface area contributed by atoms with E-state index < -0.39 is 0 Å². The second kappa shape index (κ2) is 6.92. The van der Waals surface area contributed by atoms with Gasteiger partial charge in [0.1, 0.15) is 5.75 Å². The van der Waals surface area contributed by atoms with Crippen LogP contribution in [0, 0.1) is 5.92 Å². The first kappa shape index (κ1) is 14.4. The molecule has 0 spiro atoms. The number of aliphatic hydroxyl groups excluding tert-OH is 1. The molecular weight excluding hydrogens is 238 g/mol. The summed E-state index contributed by atoms with van der Waals surface area (Å²) in [5.74, 6) is 1.53. The Kier molecular flexibility index (Phi) is 5.23. The molecule has 2 N–H and O–H groups in total. The van der Waals surface area contributed by atoms with E-state index in [1.54, 1.807) is 7.11 Å². The summed E-state index contributed by atoms with van der Waals surface area (Å²) in [7, 11) is 1.67. The van der Waals surface area contributed by atoms with E-state index in [1.165, 1.54) is 25.7 Å². The number of methoxy groups -OCH3 is 1. The monoisotopic (exact) mass is 263 g/mol. The van der Waals surface area contributed by atoms with Crippen molar-refractivity contribution in [1.29, 1.82) is 0 Å². The molecule has 0 heterocycles. The second-order valence-corrected chi connectivity index (χ2v) is 5.55. The van der Waals surface area contributed by atoms with E-state index in [0.29, 0.717) is 12.0 Å². The normalized spacial score (nSPS) is 25.0. The van der Waals surface area contributed by atoms with Crippen LogP contribution in [0.25, 0.3) is 0 Å². The number of hydrogen-bond donors (Lipinski definition) is 2. The topological polar surface area (TPSA) is 41.5 Å². The maximum atomic E-state index is 9.66. The van der Waals surface area contributed by atoms with Gasteiger partial charge < -0.3 is 15.2 Å². The molecule has 0 radical (unpaired) electrons. The average molecular weight is 263 g/mol. The fraction of sp³-hybridized carbons (Fsp3) is 0.625. The maximum absolute atomic E-state index is 9.66. The number of benzene rings is 1. The predicted octanol–water partition coefficient (Wildman–Crippen LogP) is 2.90. The third-order valence-corrected chi connectivity index (χ3v) is 4.21. The molecule has 2 rings (SSSR count). The van der Waals surface area contributed by atoms with Crippen LogP contribution in [-0.2, 0) is 0 Å². The summed E-state index contributed by atoms with van der Waals surface area (Å²) in [6.45, 7) is 2.42. The number of nitrogens with one attached hydrogen (secondary N) is 1. The highest BCUT2D eigenvalue weighted by molar-refractivity contribution is 5.30. The first-order valence-corrected chi connectivity index (χ1v) is 7.25. The quantitative estimate of drug-likeness (QED) is 0.858. The summed E-state index contributed by atoms with van der Waals surface area (Å²) in [6.07, 6.45) is 5.12. The Bertz CT molecular complexity index is 394.